The number of amides is 1. The fourth-order valence-corrected chi connectivity index (χ4v) is 1.56. The molecule has 1 amide bonds. The predicted molar refractivity (Wildman–Crippen MR) is 70.9 cm³/mol. The number of terminal acetylenes is 1. The maximum absolute atomic E-state index is 11.9. The summed E-state index contributed by atoms with van der Waals surface area (Å²) in [6.07, 6.45) is 6.53. The third-order valence-electron chi connectivity index (χ3n) is 2.45. The second-order valence-corrected chi connectivity index (χ2v) is 4.13. The van der Waals surface area contributed by atoms with Gasteiger partial charge in [0.25, 0.3) is 5.91 Å². The summed E-state index contributed by atoms with van der Waals surface area (Å²) in [4.78, 5) is 11.9. The van der Waals surface area contributed by atoms with Crippen molar-refractivity contribution < 1.29 is 4.79 Å². The van der Waals surface area contributed by atoms with E-state index in [0.717, 1.165) is 6.42 Å². The van der Waals surface area contributed by atoms with E-state index in [-0.39, 0.29) is 11.9 Å². The van der Waals surface area contributed by atoms with Gasteiger partial charge >= 0.3 is 0 Å². The highest BCUT2D eigenvalue weighted by Crippen LogP contribution is 2.19. The van der Waals surface area contributed by atoms with Gasteiger partial charge in [0.1, 0.15) is 0 Å². The molecule has 1 aromatic carbocycles. The Balaban J connectivity index is 2.76. The summed E-state index contributed by atoms with van der Waals surface area (Å²) in [5.41, 5.74) is 6.52. The lowest BCUT2D eigenvalue weighted by Crippen LogP contribution is -2.34. The minimum Gasteiger partial charge on any atom is -0.398 e. The molecule has 3 nitrogen and oxygen atoms in total. The average Bonchev–Trinajstić information content (AvgIpc) is 2.31. The first-order chi connectivity index (χ1) is 8.08. The molecule has 0 aromatic heterocycles. The average molecular weight is 251 g/mol. The van der Waals surface area contributed by atoms with Crippen molar-refractivity contribution in [1.82, 2.24) is 5.32 Å². The molecule has 1 aromatic rings. The Morgan fingerprint density at radius 1 is 1.65 bits per heavy atom. The Morgan fingerprint density at radius 2 is 2.35 bits per heavy atom. The van der Waals surface area contributed by atoms with Gasteiger partial charge in [0.15, 0.2) is 0 Å². The van der Waals surface area contributed by atoms with Crippen LogP contribution in [0.3, 0.4) is 0 Å². The summed E-state index contributed by atoms with van der Waals surface area (Å²) >= 11 is 5.85. The van der Waals surface area contributed by atoms with E-state index in [2.05, 4.69) is 11.2 Å². The van der Waals surface area contributed by atoms with Crippen molar-refractivity contribution in [2.75, 3.05) is 5.73 Å². The minimum atomic E-state index is -0.186. The molecule has 0 aliphatic carbocycles. The summed E-state index contributed by atoms with van der Waals surface area (Å²) in [6.45, 7) is 1.97. The molecule has 0 aliphatic rings. The lowest BCUT2D eigenvalue weighted by atomic mass is 10.1. The summed E-state index contributed by atoms with van der Waals surface area (Å²) in [6, 6.07) is 4.79. The van der Waals surface area contributed by atoms with Crippen molar-refractivity contribution in [3.8, 4) is 12.3 Å². The second-order valence-electron chi connectivity index (χ2n) is 3.72. The maximum atomic E-state index is 11.9. The third kappa shape index (κ3) is 3.69. The quantitative estimate of drug-likeness (QED) is 0.637. The van der Waals surface area contributed by atoms with Crippen LogP contribution in [0.5, 0.6) is 0 Å². The number of rotatable bonds is 4. The van der Waals surface area contributed by atoms with Gasteiger partial charge in [0, 0.05) is 18.0 Å². The molecule has 0 heterocycles. The number of nitrogens with two attached hydrogens (primary N) is 1. The van der Waals surface area contributed by atoms with Gasteiger partial charge in [0.2, 0.25) is 0 Å². The van der Waals surface area contributed by atoms with E-state index in [0.29, 0.717) is 22.7 Å². The van der Waals surface area contributed by atoms with Gasteiger partial charge in [-0.25, -0.2) is 0 Å². The lowest BCUT2D eigenvalue weighted by Gasteiger charge is -2.14. The molecule has 0 bridgehead atoms. The maximum Gasteiger partial charge on any atom is 0.251 e. The molecule has 0 saturated heterocycles. The predicted octanol–water partition coefficient (Wildman–Crippen LogP) is 2.45. The van der Waals surface area contributed by atoms with Crippen molar-refractivity contribution in [3.05, 3.63) is 28.8 Å². The van der Waals surface area contributed by atoms with Crippen molar-refractivity contribution in [1.29, 1.82) is 0 Å². The molecule has 4 heteroatoms. The topological polar surface area (TPSA) is 55.1 Å². The standard InChI is InChI=1S/C13H15ClN2O/c1-3-5-10(4-2)16-13(17)9-6-7-12(15)11(14)8-9/h1,6-8,10H,4-5,15H2,2H3,(H,16,17). The molecule has 1 unspecified atom stereocenters. The van der Waals surface area contributed by atoms with Gasteiger partial charge in [-0.1, -0.05) is 18.5 Å². The summed E-state index contributed by atoms with van der Waals surface area (Å²) < 4.78 is 0. The Morgan fingerprint density at radius 3 is 2.88 bits per heavy atom. The minimum absolute atomic E-state index is 0.0103. The molecule has 17 heavy (non-hydrogen) atoms. The highest BCUT2D eigenvalue weighted by molar-refractivity contribution is 6.33. The Kier molecular flexibility index (Phi) is 4.86. The van der Waals surface area contributed by atoms with Crippen LogP contribution < -0.4 is 11.1 Å². The third-order valence-corrected chi connectivity index (χ3v) is 2.78. The van der Waals surface area contributed by atoms with Gasteiger partial charge in [-0.05, 0) is 24.6 Å². The number of hydrogen-bond acceptors (Lipinski definition) is 2. The van der Waals surface area contributed by atoms with E-state index in [4.69, 9.17) is 23.8 Å². The molecule has 90 valence electrons. The Bertz CT molecular complexity index is 451. The molecule has 1 atom stereocenters. The van der Waals surface area contributed by atoms with E-state index in [1.807, 2.05) is 6.92 Å². The van der Waals surface area contributed by atoms with E-state index in [1.54, 1.807) is 18.2 Å². The second kappa shape index (κ2) is 6.17. The number of carbonyl (C=O) groups excluding carboxylic acids is 1. The summed E-state index contributed by atoms with van der Waals surface area (Å²) in [5, 5.41) is 3.23. The van der Waals surface area contributed by atoms with Gasteiger partial charge < -0.3 is 11.1 Å². The van der Waals surface area contributed by atoms with Crippen molar-refractivity contribution in [2.24, 2.45) is 0 Å². The van der Waals surface area contributed by atoms with Gasteiger partial charge in [-0.2, -0.15) is 0 Å². The van der Waals surface area contributed by atoms with Crippen molar-refractivity contribution >= 4 is 23.2 Å². The fourth-order valence-electron chi connectivity index (χ4n) is 1.38. The molecular weight excluding hydrogens is 236 g/mol. The van der Waals surface area contributed by atoms with Crippen LogP contribution in [0, 0.1) is 12.3 Å². The van der Waals surface area contributed by atoms with Crippen LogP contribution in [0.25, 0.3) is 0 Å². The van der Waals surface area contributed by atoms with Crippen LogP contribution in [0.1, 0.15) is 30.1 Å². The van der Waals surface area contributed by atoms with E-state index in [1.165, 1.54) is 0 Å². The summed E-state index contributed by atoms with van der Waals surface area (Å²) in [5.74, 6) is 2.35. The van der Waals surface area contributed by atoms with E-state index < -0.39 is 0 Å². The zero-order valence-electron chi connectivity index (χ0n) is 9.66. The Hall–Kier alpha value is -1.66. The van der Waals surface area contributed by atoms with Crippen LogP contribution >= 0.6 is 11.6 Å². The first kappa shape index (κ1) is 13.4. The zero-order valence-corrected chi connectivity index (χ0v) is 10.4. The number of benzene rings is 1. The van der Waals surface area contributed by atoms with Crippen molar-refractivity contribution in [3.63, 3.8) is 0 Å². The number of carbonyl (C=O) groups is 1. The summed E-state index contributed by atoms with van der Waals surface area (Å²) in [7, 11) is 0. The van der Waals surface area contributed by atoms with Crippen LogP contribution in [-0.4, -0.2) is 11.9 Å². The molecule has 3 N–H and O–H groups in total. The number of hydrogen-bond donors (Lipinski definition) is 2. The number of nitrogens with one attached hydrogen (secondary N) is 1. The van der Waals surface area contributed by atoms with Crippen LogP contribution in [0.15, 0.2) is 18.2 Å². The number of anilines is 1. The van der Waals surface area contributed by atoms with E-state index >= 15 is 0 Å². The largest absolute Gasteiger partial charge is 0.398 e. The van der Waals surface area contributed by atoms with Crippen molar-refractivity contribution in [2.45, 2.75) is 25.8 Å². The number of nitrogen functional groups attached to an aromatic ring is 1. The molecule has 0 fully saturated rings. The van der Waals surface area contributed by atoms with Gasteiger partial charge in [-0.15, -0.1) is 12.3 Å². The van der Waals surface area contributed by atoms with Crippen LogP contribution in [0.4, 0.5) is 5.69 Å². The fraction of sp³-hybridized carbons (Fsp3) is 0.308. The molecular formula is C13H15ClN2O. The lowest BCUT2D eigenvalue weighted by molar-refractivity contribution is 0.0936. The normalized spacial score (nSPS) is 11.6. The monoisotopic (exact) mass is 250 g/mol. The highest BCUT2D eigenvalue weighted by Gasteiger charge is 2.12. The molecule has 0 aliphatic heterocycles. The SMILES string of the molecule is C#CCC(CC)NC(=O)c1ccc(N)c(Cl)c1. The van der Waals surface area contributed by atoms with E-state index in [9.17, 15) is 4.79 Å². The smallest absolute Gasteiger partial charge is 0.251 e. The van der Waals surface area contributed by atoms with Crippen LogP contribution in [-0.2, 0) is 0 Å². The molecule has 0 saturated carbocycles. The van der Waals surface area contributed by atoms with Gasteiger partial charge in [0.05, 0.1) is 10.7 Å². The van der Waals surface area contributed by atoms with Gasteiger partial charge in [-0.3, -0.25) is 4.79 Å². The Labute approximate surface area is 106 Å². The number of halogens is 1. The first-order valence-corrected chi connectivity index (χ1v) is 5.75. The molecule has 0 radical (unpaired) electrons. The highest BCUT2D eigenvalue weighted by atomic mass is 35.5. The zero-order chi connectivity index (χ0) is 12.8. The molecule has 1 rings (SSSR count). The molecule has 0 spiro atoms. The first-order valence-electron chi connectivity index (χ1n) is 5.37. The van der Waals surface area contributed by atoms with Crippen LogP contribution in [0.2, 0.25) is 5.02 Å².